The maximum atomic E-state index is 11.6. The van der Waals surface area contributed by atoms with Crippen molar-refractivity contribution in [2.45, 2.75) is 58.3 Å². The van der Waals surface area contributed by atoms with Gasteiger partial charge in [-0.05, 0) is 44.0 Å². The summed E-state index contributed by atoms with van der Waals surface area (Å²) in [5.74, 6) is -3.37. The number of ketones is 2. The van der Waals surface area contributed by atoms with Gasteiger partial charge in [-0.3, -0.25) is 14.4 Å². The number of ether oxygens (including phenoxy) is 4. The zero-order chi connectivity index (χ0) is 40.2. The predicted molar refractivity (Wildman–Crippen MR) is 181 cm³/mol. The van der Waals surface area contributed by atoms with Crippen LogP contribution in [0.15, 0.2) is 60.7 Å². The summed E-state index contributed by atoms with van der Waals surface area (Å²) in [6.07, 6.45) is -4.02. The normalized spacial score (nSPS) is 15.8. The lowest BCUT2D eigenvalue weighted by molar-refractivity contribution is -0.148. The van der Waals surface area contributed by atoms with E-state index in [0.717, 1.165) is 0 Å². The highest BCUT2D eigenvalue weighted by Crippen LogP contribution is 2.13. The Kier molecular flexibility index (Phi) is 27.6. The largest absolute Gasteiger partial charge is 0.480 e. The third-order valence-electron chi connectivity index (χ3n) is 5.73. The fourth-order valence-electron chi connectivity index (χ4n) is 2.74. The van der Waals surface area contributed by atoms with Crippen molar-refractivity contribution >= 4 is 35.4 Å². The molecule has 0 spiro atoms. The third kappa shape index (κ3) is 24.5. The van der Waals surface area contributed by atoms with Gasteiger partial charge < -0.3 is 60.4 Å². The van der Waals surface area contributed by atoms with E-state index in [4.69, 9.17) is 60.4 Å². The second-order valence-corrected chi connectivity index (χ2v) is 10.8. The van der Waals surface area contributed by atoms with Crippen molar-refractivity contribution in [2.24, 2.45) is 11.7 Å². The molecule has 5 atom stereocenters. The molecule has 2 aromatic rings. The predicted octanol–water partition coefficient (Wildman–Crippen LogP) is -0.583. The van der Waals surface area contributed by atoms with Gasteiger partial charge in [0.1, 0.15) is 24.9 Å². The molecule has 0 amide bonds. The third-order valence-corrected chi connectivity index (χ3v) is 5.73. The number of carboxylic acid groups (broad SMARTS) is 2. The van der Waals surface area contributed by atoms with E-state index < -0.39 is 74.2 Å². The van der Waals surface area contributed by atoms with Crippen molar-refractivity contribution in [3.05, 3.63) is 71.8 Å². The highest BCUT2D eigenvalue weighted by Gasteiger charge is 2.30. The summed E-state index contributed by atoms with van der Waals surface area (Å²) in [7, 11) is 0. The highest BCUT2D eigenvalue weighted by molar-refractivity contribution is 5.89. The van der Waals surface area contributed by atoms with E-state index in [2.05, 4.69) is 0 Å². The Morgan fingerprint density at radius 2 is 1.21 bits per heavy atom. The zero-order valence-electron chi connectivity index (χ0n) is 29.3. The van der Waals surface area contributed by atoms with Gasteiger partial charge in [-0.25, -0.2) is 14.4 Å². The molecule has 18 nitrogen and oxygen atoms in total. The quantitative estimate of drug-likeness (QED) is 0.119. The number of aliphatic carboxylic acids is 2. The second kappa shape index (κ2) is 29.0. The number of esters is 2. The molecule has 1 fully saturated rings. The molecule has 1 aliphatic rings. The smallest absolute Gasteiger partial charge is 0.338 e. The minimum absolute atomic E-state index is 0.0164. The Bertz CT molecular complexity index is 1280. The van der Waals surface area contributed by atoms with E-state index in [-0.39, 0.29) is 25.0 Å². The highest BCUT2D eigenvalue weighted by atomic mass is 16.7. The summed E-state index contributed by atoms with van der Waals surface area (Å²) < 4.78 is 20.5. The zero-order valence-corrected chi connectivity index (χ0v) is 29.3. The molecule has 0 radical (unpaired) electrons. The summed E-state index contributed by atoms with van der Waals surface area (Å²) in [4.78, 5) is 63.1. The molecule has 0 saturated carbocycles. The number of carbonyl (C=O) groups excluding carboxylic acids is 4. The second-order valence-electron chi connectivity index (χ2n) is 10.8. The van der Waals surface area contributed by atoms with Gasteiger partial charge in [0.05, 0.1) is 44.2 Å². The van der Waals surface area contributed by atoms with Gasteiger partial charge in [-0.2, -0.15) is 0 Å². The number of Topliss-reactive ketones (excluding diaryl/α,β-unsaturated/α-hetero) is 2. The number of carboxylic acids is 2. The number of hydrogen-bond donors (Lipinski definition) is 8. The molecule has 9 N–H and O–H groups in total. The summed E-state index contributed by atoms with van der Waals surface area (Å²) in [6, 6.07) is 16.6. The van der Waals surface area contributed by atoms with Crippen LogP contribution in [0, 0.1) is 5.92 Å². The Labute approximate surface area is 300 Å². The van der Waals surface area contributed by atoms with Crippen LogP contribution in [0.1, 0.15) is 48.4 Å². The van der Waals surface area contributed by atoms with E-state index >= 15 is 0 Å². The Morgan fingerprint density at radius 3 is 1.48 bits per heavy atom. The number of aliphatic hydroxyl groups is 5. The minimum Gasteiger partial charge on any atom is -0.480 e. The van der Waals surface area contributed by atoms with Gasteiger partial charge in [0.15, 0.2) is 24.0 Å². The maximum absolute atomic E-state index is 11.6. The molecule has 1 heterocycles. The van der Waals surface area contributed by atoms with E-state index in [1.807, 2.05) is 38.1 Å². The van der Waals surface area contributed by atoms with E-state index in [1.54, 1.807) is 36.4 Å². The van der Waals surface area contributed by atoms with Gasteiger partial charge in [0, 0.05) is 0 Å². The Morgan fingerprint density at radius 1 is 0.750 bits per heavy atom. The fourth-order valence-corrected chi connectivity index (χ4v) is 2.74. The molecule has 0 bridgehead atoms. The molecule has 2 aromatic carbocycles. The summed E-state index contributed by atoms with van der Waals surface area (Å²) in [5.41, 5.74) is 5.85. The van der Waals surface area contributed by atoms with Crippen molar-refractivity contribution < 1.29 is 83.5 Å². The molecule has 3 rings (SSSR count). The average molecular weight is 744 g/mol. The van der Waals surface area contributed by atoms with Crippen LogP contribution in [0.3, 0.4) is 0 Å². The van der Waals surface area contributed by atoms with Crippen molar-refractivity contribution in [2.75, 3.05) is 39.6 Å². The SMILES string of the molecule is CC(=O)[C@H](O)CO.CC(=O)[C@H]1COC(COC(=O)c2ccccc2)O1.CC(C)COC(=O)c1ccccc1.N[C@H](CO)C(=O)O.O=C(O)[C@H](O)CO. The molecule has 52 heavy (non-hydrogen) atoms. The van der Waals surface area contributed by atoms with Crippen LogP contribution < -0.4 is 5.73 Å². The summed E-state index contributed by atoms with van der Waals surface area (Å²) in [6.45, 7) is 5.65. The molecular formula is C34H49NO17. The van der Waals surface area contributed by atoms with E-state index in [9.17, 15) is 28.8 Å². The monoisotopic (exact) mass is 743 g/mol. The van der Waals surface area contributed by atoms with Crippen LogP contribution in [0.5, 0.6) is 0 Å². The van der Waals surface area contributed by atoms with Crippen molar-refractivity contribution in [1.82, 2.24) is 0 Å². The Balaban J connectivity index is 0. The number of hydrogen-bond acceptors (Lipinski definition) is 16. The van der Waals surface area contributed by atoms with E-state index in [1.165, 1.54) is 13.8 Å². The fraction of sp³-hybridized carbons (Fsp3) is 0.471. The van der Waals surface area contributed by atoms with Crippen LogP contribution in [-0.2, 0) is 38.1 Å². The number of benzene rings is 2. The first-order valence-electron chi connectivity index (χ1n) is 15.5. The van der Waals surface area contributed by atoms with Gasteiger partial charge in [-0.15, -0.1) is 0 Å². The number of nitrogens with two attached hydrogens (primary N) is 1. The number of carbonyl (C=O) groups is 6. The average Bonchev–Trinajstić information content (AvgIpc) is 3.63. The van der Waals surface area contributed by atoms with Crippen LogP contribution in [-0.4, -0.2) is 141 Å². The number of aliphatic hydroxyl groups excluding tert-OH is 5. The first-order chi connectivity index (χ1) is 24.4. The minimum atomic E-state index is -1.63. The summed E-state index contributed by atoms with van der Waals surface area (Å²) >= 11 is 0. The van der Waals surface area contributed by atoms with E-state index in [0.29, 0.717) is 23.7 Å². The lowest BCUT2D eigenvalue weighted by Gasteiger charge is -2.10. The van der Waals surface area contributed by atoms with Crippen molar-refractivity contribution in [3.8, 4) is 0 Å². The summed E-state index contributed by atoms with van der Waals surface area (Å²) in [5, 5.41) is 56.0. The van der Waals surface area contributed by atoms with Crippen molar-refractivity contribution in [1.29, 1.82) is 0 Å². The lowest BCUT2D eigenvalue weighted by atomic mass is 10.2. The van der Waals surface area contributed by atoms with Gasteiger partial charge >= 0.3 is 23.9 Å². The lowest BCUT2D eigenvalue weighted by Crippen LogP contribution is -2.33. The number of rotatable bonds is 13. The standard InChI is InChI=1S/C13H14O5.C11H14O2.C4H8O3.C3H7NO3.C3H6O4/c1-9(14)11-7-16-12(18-11)8-17-13(15)10-5-3-2-4-6-10;1-9(2)8-13-11(12)10-6-4-3-5-7-10;1-3(6)4(7)2-5;4-2(1-5)3(6)7;4-1-2(5)3(6)7/h2-6,11-12H,7-8H2,1H3;3-7,9H,8H2,1-2H3;4-5,7H,2H2,1H3;2,5H,1,4H2,(H,6,7);2,4-5H,1H2,(H,6,7)/t11-,12?;;4-;2*2-/m1.111/s1. The first kappa shape index (κ1) is 49.5. The van der Waals surface area contributed by atoms with Crippen LogP contribution in [0.25, 0.3) is 0 Å². The molecule has 1 saturated heterocycles. The molecule has 1 aliphatic heterocycles. The molecule has 0 aromatic heterocycles. The molecule has 292 valence electrons. The van der Waals surface area contributed by atoms with Gasteiger partial charge in [0.2, 0.25) is 0 Å². The van der Waals surface area contributed by atoms with Crippen LogP contribution in [0.2, 0.25) is 0 Å². The molecule has 0 aliphatic carbocycles. The van der Waals surface area contributed by atoms with Crippen LogP contribution in [0.4, 0.5) is 0 Å². The molecular weight excluding hydrogens is 694 g/mol. The van der Waals surface area contributed by atoms with Gasteiger partial charge in [0.25, 0.3) is 0 Å². The first-order valence-corrected chi connectivity index (χ1v) is 15.5. The Hall–Kier alpha value is -4.66. The molecule has 18 heteroatoms. The van der Waals surface area contributed by atoms with Crippen LogP contribution >= 0.6 is 0 Å². The maximum Gasteiger partial charge on any atom is 0.338 e. The van der Waals surface area contributed by atoms with Crippen molar-refractivity contribution in [3.63, 3.8) is 0 Å². The van der Waals surface area contributed by atoms with Gasteiger partial charge in [-0.1, -0.05) is 50.2 Å². The molecule has 1 unspecified atom stereocenters. The topological polar surface area (TPSA) is 307 Å².